The summed E-state index contributed by atoms with van der Waals surface area (Å²) in [4.78, 5) is 29.2. The van der Waals surface area contributed by atoms with E-state index in [0.717, 1.165) is 11.7 Å². The fraction of sp³-hybridized carbons (Fsp3) is 0.800. The van der Waals surface area contributed by atoms with E-state index in [9.17, 15) is 19.8 Å². The Balaban J connectivity index is -0.000000451. The average molecular weight is 471 g/mol. The van der Waals surface area contributed by atoms with Gasteiger partial charge in [0.05, 0.1) is 11.7 Å². The monoisotopic (exact) mass is 472 g/mol. The van der Waals surface area contributed by atoms with E-state index in [-0.39, 0.29) is 54.6 Å². The molecule has 0 atom stereocenters. The molecule has 0 aromatic carbocycles. The van der Waals surface area contributed by atoms with E-state index < -0.39 is 11.9 Å². The molecule has 0 aliphatic carbocycles. The quantitative estimate of drug-likeness (QED) is 0.267. The Labute approximate surface area is 187 Å². The van der Waals surface area contributed by atoms with Gasteiger partial charge in [-0.25, -0.2) is 0 Å². The third-order valence-corrected chi connectivity index (χ3v) is 2.87. The van der Waals surface area contributed by atoms with Crippen LogP contribution in [0.2, 0.25) is 0 Å². The molecule has 0 saturated carbocycles. The number of carboxylic acid groups (broad SMARTS) is 2. The molecular formula is C20H38GeN4O4-2. The van der Waals surface area contributed by atoms with Crippen molar-refractivity contribution in [1.29, 1.82) is 0 Å². The Bertz CT molecular complexity index is 473. The number of amidine groups is 2. The third kappa shape index (κ3) is 26.4. The zero-order valence-electron chi connectivity index (χ0n) is 19.2. The Morgan fingerprint density at radius 1 is 0.655 bits per heavy atom. The first-order valence-corrected chi connectivity index (χ1v) is 9.89. The van der Waals surface area contributed by atoms with Gasteiger partial charge in [0.2, 0.25) is 0 Å². The van der Waals surface area contributed by atoms with Gasteiger partial charge in [-0.2, -0.15) is 0 Å². The van der Waals surface area contributed by atoms with Crippen molar-refractivity contribution in [3.63, 3.8) is 0 Å². The van der Waals surface area contributed by atoms with Crippen LogP contribution in [0.15, 0.2) is 9.98 Å². The number of nitrogens with one attached hydrogen (secondary N) is 2. The van der Waals surface area contributed by atoms with Gasteiger partial charge in [-0.15, -0.1) is 0 Å². The summed E-state index contributed by atoms with van der Waals surface area (Å²) in [7, 11) is 0. The molecule has 168 valence electrons. The smallest absolute Gasteiger partial charge is 0.0971 e. The number of hydrogen-bond acceptors (Lipinski definition) is 6. The van der Waals surface area contributed by atoms with Gasteiger partial charge in [0, 0.05) is 66.5 Å². The zero-order valence-corrected chi connectivity index (χ0v) is 21.3. The number of hydrogen-bond donors (Lipinski definition) is 2. The topological polar surface area (TPSA) is 129 Å². The summed E-state index contributed by atoms with van der Waals surface area (Å²) < 4.78 is 0. The van der Waals surface area contributed by atoms with Crippen molar-refractivity contribution >= 4 is 41.2 Å². The maximum absolute atomic E-state index is 10.3. The van der Waals surface area contributed by atoms with E-state index in [1.54, 1.807) is 0 Å². The molecule has 4 radical (unpaired) electrons. The number of rotatable bonds is 10. The molecule has 0 fully saturated rings. The Morgan fingerprint density at radius 3 is 1.10 bits per heavy atom. The Hall–Kier alpha value is -1.58. The minimum atomic E-state index is -1.04. The predicted octanol–water partition coefficient (Wildman–Crippen LogP) is 0.262. The van der Waals surface area contributed by atoms with Crippen LogP contribution in [0.3, 0.4) is 0 Å². The van der Waals surface area contributed by atoms with Gasteiger partial charge in [0.1, 0.15) is 0 Å². The van der Waals surface area contributed by atoms with Crippen LogP contribution in [0, 0.1) is 0 Å². The number of nitrogens with zero attached hydrogens (tertiary/aromatic N) is 2. The second-order valence-corrected chi connectivity index (χ2v) is 7.68. The number of aliphatic carboxylic acids is 2. The summed E-state index contributed by atoms with van der Waals surface area (Å²) in [5.41, 5.74) is 0. The van der Waals surface area contributed by atoms with E-state index >= 15 is 0 Å². The average Bonchev–Trinajstić information content (AvgIpc) is 2.48. The van der Waals surface area contributed by atoms with E-state index in [1.165, 1.54) is 0 Å². The summed E-state index contributed by atoms with van der Waals surface area (Å²) in [5, 5.41) is 26.8. The number of carbonyl (C=O) groups excluding carboxylic acids is 2. The molecular weight excluding hydrogens is 433 g/mol. The SMILES string of the molecule is CC(C)N=C(CCC(=O)[O-])NC(C)C.CC(C)N=C(CCC(=O)[O-])NC(C)C.[Ge]. The molecule has 8 nitrogen and oxygen atoms in total. The molecule has 0 saturated heterocycles. The normalized spacial score (nSPS) is 11.9. The van der Waals surface area contributed by atoms with E-state index in [0.29, 0.717) is 12.8 Å². The molecule has 0 aliphatic heterocycles. The number of carboxylic acids is 2. The molecule has 0 unspecified atom stereocenters. The van der Waals surface area contributed by atoms with Crippen LogP contribution in [0.4, 0.5) is 0 Å². The molecule has 0 heterocycles. The van der Waals surface area contributed by atoms with Crippen LogP contribution in [-0.2, 0) is 9.59 Å². The van der Waals surface area contributed by atoms with Gasteiger partial charge >= 0.3 is 0 Å². The first kappa shape index (κ1) is 32.1. The second-order valence-electron chi connectivity index (χ2n) is 7.68. The van der Waals surface area contributed by atoms with Crippen LogP contribution in [0.5, 0.6) is 0 Å². The first-order chi connectivity index (χ1) is 12.8. The summed E-state index contributed by atoms with van der Waals surface area (Å²) in [6.45, 7) is 15.8. The number of carbonyl (C=O) groups is 2. The predicted molar refractivity (Wildman–Crippen MR) is 116 cm³/mol. The summed E-state index contributed by atoms with van der Waals surface area (Å²) in [5.74, 6) is -0.572. The maximum Gasteiger partial charge on any atom is 0.0971 e. The molecule has 0 amide bonds. The largest absolute Gasteiger partial charge is 0.550 e. The van der Waals surface area contributed by atoms with Crippen molar-refractivity contribution in [2.24, 2.45) is 9.98 Å². The zero-order chi connectivity index (χ0) is 22.3. The molecule has 0 bridgehead atoms. The van der Waals surface area contributed by atoms with Crippen LogP contribution < -0.4 is 20.8 Å². The number of aliphatic imine (C=N–C) groups is 2. The maximum atomic E-state index is 10.3. The molecule has 0 rings (SSSR count). The Morgan fingerprint density at radius 2 is 0.931 bits per heavy atom. The van der Waals surface area contributed by atoms with Crippen molar-refractivity contribution in [3.8, 4) is 0 Å². The van der Waals surface area contributed by atoms with Crippen molar-refractivity contribution in [3.05, 3.63) is 0 Å². The van der Waals surface area contributed by atoms with E-state index in [1.807, 2.05) is 55.4 Å². The summed E-state index contributed by atoms with van der Waals surface area (Å²) in [6.07, 6.45) is 0.869. The first-order valence-electron chi connectivity index (χ1n) is 9.89. The molecule has 0 aliphatic rings. The molecule has 0 spiro atoms. The van der Waals surface area contributed by atoms with Crippen LogP contribution in [0.25, 0.3) is 0 Å². The van der Waals surface area contributed by atoms with Crippen LogP contribution in [-0.4, -0.2) is 65.4 Å². The second kappa shape index (κ2) is 18.5. The fourth-order valence-corrected chi connectivity index (χ4v) is 2.08. The minimum Gasteiger partial charge on any atom is -0.550 e. The third-order valence-electron chi connectivity index (χ3n) is 2.87. The van der Waals surface area contributed by atoms with Gasteiger partial charge in [0.25, 0.3) is 0 Å². The van der Waals surface area contributed by atoms with Gasteiger partial charge in [0.15, 0.2) is 0 Å². The summed E-state index contributed by atoms with van der Waals surface area (Å²) in [6, 6.07) is 0.902. The van der Waals surface area contributed by atoms with Gasteiger partial charge in [-0.3, -0.25) is 9.98 Å². The molecule has 9 heteroatoms. The van der Waals surface area contributed by atoms with Crippen molar-refractivity contribution < 1.29 is 19.8 Å². The van der Waals surface area contributed by atoms with Gasteiger partial charge in [-0.05, 0) is 68.2 Å². The standard InChI is InChI=1S/2C10H20N2O2.Ge/c2*1-7(2)11-9(12-8(3)4)5-6-10(13)14;/h2*7-8H,5-6H2,1-4H3,(H,11,12)(H,13,14);/p-2. The molecule has 0 aromatic heterocycles. The van der Waals surface area contributed by atoms with Crippen molar-refractivity contribution in [2.75, 3.05) is 0 Å². The summed E-state index contributed by atoms with van der Waals surface area (Å²) >= 11 is 0. The molecule has 0 aromatic rings. The van der Waals surface area contributed by atoms with Gasteiger partial charge < -0.3 is 30.4 Å². The van der Waals surface area contributed by atoms with Gasteiger partial charge in [-0.1, -0.05) is 0 Å². The Kier molecular flexibility index (Phi) is 20.4. The minimum absolute atomic E-state index is 0. The van der Waals surface area contributed by atoms with Crippen molar-refractivity contribution in [2.45, 2.75) is 105 Å². The van der Waals surface area contributed by atoms with E-state index in [4.69, 9.17) is 0 Å². The molecule has 2 N–H and O–H groups in total. The molecule has 29 heavy (non-hydrogen) atoms. The fourth-order valence-electron chi connectivity index (χ4n) is 2.08. The van der Waals surface area contributed by atoms with Crippen LogP contribution >= 0.6 is 0 Å². The van der Waals surface area contributed by atoms with Crippen molar-refractivity contribution in [1.82, 2.24) is 10.6 Å². The van der Waals surface area contributed by atoms with E-state index in [2.05, 4.69) is 20.6 Å². The van der Waals surface area contributed by atoms with Crippen LogP contribution in [0.1, 0.15) is 81.1 Å².